The van der Waals surface area contributed by atoms with E-state index >= 15 is 0 Å². The monoisotopic (exact) mass is 444 g/mol. The number of alkyl halides is 2. The van der Waals surface area contributed by atoms with Gasteiger partial charge >= 0.3 is 0 Å². The van der Waals surface area contributed by atoms with Gasteiger partial charge in [0.15, 0.2) is 0 Å². The molecule has 1 atom stereocenters. The van der Waals surface area contributed by atoms with E-state index in [2.05, 4.69) is 27.2 Å². The minimum absolute atomic E-state index is 0.0334. The summed E-state index contributed by atoms with van der Waals surface area (Å²) in [5.41, 5.74) is 3.33. The summed E-state index contributed by atoms with van der Waals surface area (Å²) in [6, 6.07) is 4.13. The highest BCUT2D eigenvalue weighted by Gasteiger charge is 2.47. The molecular formula is C22H26F2N6O2. The number of pyridine rings is 1. The van der Waals surface area contributed by atoms with E-state index in [9.17, 15) is 13.6 Å². The van der Waals surface area contributed by atoms with E-state index in [0.29, 0.717) is 11.4 Å². The van der Waals surface area contributed by atoms with Crippen molar-refractivity contribution in [2.45, 2.75) is 52.1 Å². The third kappa shape index (κ3) is 4.35. The van der Waals surface area contributed by atoms with Gasteiger partial charge in [-0.1, -0.05) is 6.92 Å². The maximum absolute atomic E-state index is 14.2. The lowest BCUT2D eigenvalue weighted by Gasteiger charge is -2.23. The van der Waals surface area contributed by atoms with Crippen LogP contribution in [0, 0.1) is 13.8 Å². The number of likely N-dealkylation sites (tertiary alicyclic amines) is 1. The summed E-state index contributed by atoms with van der Waals surface area (Å²) >= 11 is 0. The van der Waals surface area contributed by atoms with Gasteiger partial charge in [-0.2, -0.15) is 10.2 Å². The lowest BCUT2D eigenvalue weighted by atomic mass is 10.1. The number of aromatic nitrogens is 5. The lowest BCUT2D eigenvalue weighted by molar-refractivity contribution is 0.0115. The molecule has 32 heavy (non-hydrogen) atoms. The van der Waals surface area contributed by atoms with Crippen LogP contribution in [0.25, 0.3) is 11.3 Å². The van der Waals surface area contributed by atoms with Gasteiger partial charge in [0.25, 0.3) is 11.8 Å². The van der Waals surface area contributed by atoms with E-state index in [1.165, 1.54) is 4.90 Å². The molecule has 1 fully saturated rings. The Morgan fingerprint density at radius 2 is 2.06 bits per heavy atom. The average Bonchev–Trinajstić information content (AvgIpc) is 3.43. The number of carbonyl (C=O) groups is 1. The Morgan fingerprint density at radius 3 is 2.78 bits per heavy atom. The number of hydrogen-bond acceptors (Lipinski definition) is 5. The number of carbonyl (C=O) groups excluding carboxylic acids is 1. The van der Waals surface area contributed by atoms with Gasteiger partial charge in [0.1, 0.15) is 18.1 Å². The first kappa shape index (κ1) is 21.9. The van der Waals surface area contributed by atoms with Crippen molar-refractivity contribution in [1.82, 2.24) is 29.9 Å². The molecule has 3 aromatic heterocycles. The summed E-state index contributed by atoms with van der Waals surface area (Å²) in [6.45, 7) is 6.01. The SMILES string of the molecule is CCCn1nc(C)c(-c2cc(C(=O)N3CC(F)(F)C[C@H]3COc3ccncc3)[nH]n2)c1C. The van der Waals surface area contributed by atoms with E-state index < -0.39 is 30.8 Å². The van der Waals surface area contributed by atoms with E-state index in [0.717, 1.165) is 29.9 Å². The van der Waals surface area contributed by atoms with Crippen molar-refractivity contribution < 1.29 is 18.3 Å². The zero-order valence-electron chi connectivity index (χ0n) is 18.3. The molecule has 1 aliphatic rings. The van der Waals surface area contributed by atoms with Gasteiger partial charge in [-0.05, 0) is 38.5 Å². The first-order valence-electron chi connectivity index (χ1n) is 10.6. The molecule has 10 heteroatoms. The molecule has 4 rings (SSSR count). The number of ether oxygens (including phenoxy) is 1. The van der Waals surface area contributed by atoms with Crippen molar-refractivity contribution in [2.75, 3.05) is 13.2 Å². The molecule has 3 aromatic rings. The predicted octanol–water partition coefficient (Wildman–Crippen LogP) is 3.62. The molecule has 0 unspecified atom stereocenters. The number of aryl methyl sites for hydroxylation is 2. The molecule has 170 valence electrons. The largest absolute Gasteiger partial charge is 0.491 e. The number of amides is 1. The van der Waals surface area contributed by atoms with Crippen LogP contribution < -0.4 is 4.74 Å². The molecule has 0 bridgehead atoms. The molecule has 0 radical (unpaired) electrons. The molecule has 4 heterocycles. The van der Waals surface area contributed by atoms with Crippen LogP contribution >= 0.6 is 0 Å². The second-order valence-corrected chi connectivity index (χ2v) is 8.08. The van der Waals surface area contributed by atoms with Gasteiger partial charge in [0.2, 0.25) is 0 Å². The van der Waals surface area contributed by atoms with Crippen molar-refractivity contribution in [3.63, 3.8) is 0 Å². The molecule has 1 N–H and O–H groups in total. The summed E-state index contributed by atoms with van der Waals surface area (Å²) in [7, 11) is 0. The Bertz CT molecular complexity index is 1100. The summed E-state index contributed by atoms with van der Waals surface area (Å²) in [4.78, 5) is 18.2. The predicted molar refractivity (Wildman–Crippen MR) is 114 cm³/mol. The number of hydrogen-bond donors (Lipinski definition) is 1. The van der Waals surface area contributed by atoms with Crippen LogP contribution in [0.3, 0.4) is 0 Å². The van der Waals surface area contributed by atoms with Crippen molar-refractivity contribution >= 4 is 5.91 Å². The fourth-order valence-corrected chi connectivity index (χ4v) is 4.12. The van der Waals surface area contributed by atoms with Crippen LogP contribution in [0.1, 0.15) is 41.6 Å². The number of H-pyrrole nitrogens is 1. The van der Waals surface area contributed by atoms with Crippen molar-refractivity contribution in [3.8, 4) is 17.0 Å². The zero-order valence-corrected chi connectivity index (χ0v) is 18.3. The van der Waals surface area contributed by atoms with E-state index in [1.54, 1.807) is 30.6 Å². The van der Waals surface area contributed by atoms with Crippen molar-refractivity contribution in [3.05, 3.63) is 47.7 Å². The van der Waals surface area contributed by atoms with Gasteiger partial charge in [-0.15, -0.1) is 0 Å². The fourth-order valence-electron chi connectivity index (χ4n) is 4.12. The van der Waals surface area contributed by atoms with Gasteiger partial charge in [-0.25, -0.2) is 8.78 Å². The molecule has 0 aliphatic carbocycles. The first-order valence-corrected chi connectivity index (χ1v) is 10.6. The van der Waals surface area contributed by atoms with Crippen LogP contribution in [-0.2, 0) is 6.54 Å². The van der Waals surface area contributed by atoms with E-state index in [4.69, 9.17) is 4.74 Å². The molecule has 1 amide bonds. The molecular weight excluding hydrogens is 418 g/mol. The lowest BCUT2D eigenvalue weighted by Crippen LogP contribution is -2.39. The van der Waals surface area contributed by atoms with Crippen LogP contribution in [-0.4, -0.2) is 60.9 Å². The smallest absolute Gasteiger partial charge is 0.272 e. The Morgan fingerprint density at radius 1 is 1.31 bits per heavy atom. The molecule has 0 spiro atoms. The maximum Gasteiger partial charge on any atom is 0.272 e. The van der Waals surface area contributed by atoms with Crippen LogP contribution in [0.15, 0.2) is 30.6 Å². The van der Waals surface area contributed by atoms with E-state index in [-0.39, 0.29) is 12.3 Å². The first-order chi connectivity index (χ1) is 15.3. The normalized spacial score (nSPS) is 17.7. The highest BCUT2D eigenvalue weighted by molar-refractivity contribution is 5.94. The Labute approximate surface area is 184 Å². The second-order valence-electron chi connectivity index (χ2n) is 8.08. The number of halogens is 2. The summed E-state index contributed by atoms with van der Waals surface area (Å²) < 4.78 is 35.9. The third-order valence-corrected chi connectivity index (χ3v) is 5.61. The fraction of sp³-hybridized carbons (Fsp3) is 0.455. The molecule has 8 nitrogen and oxygen atoms in total. The summed E-state index contributed by atoms with van der Waals surface area (Å²) in [6.07, 6.45) is 3.60. The van der Waals surface area contributed by atoms with Gasteiger partial charge in [0, 0.05) is 36.6 Å². The second kappa shape index (κ2) is 8.68. The minimum Gasteiger partial charge on any atom is -0.491 e. The number of nitrogens with one attached hydrogen (secondary N) is 1. The number of aromatic amines is 1. The Hall–Kier alpha value is -3.30. The summed E-state index contributed by atoms with van der Waals surface area (Å²) in [5, 5.41) is 11.5. The summed E-state index contributed by atoms with van der Waals surface area (Å²) in [5.74, 6) is -2.99. The molecule has 0 saturated carbocycles. The van der Waals surface area contributed by atoms with Crippen LogP contribution in [0.2, 0.25) is 0 Å². The topological polar surface area (TPSA) is 88.9 Å². The number of nitrogens with zero attached hydrogens (tertiary/aromatic N) is 5. The van der Waals surface area contributed by atoms with E-state index in [1.807, 2.05) is 18.5 Å². The Balaban J connectivity index is 1.54. The Kier molecular flexibility index (Phi) is 5.94. The molecule has 1 aliphatic heterocycles. The standard InChI is InChI=1S/C22H26F2N6O2/c1-4-9-30-15(3)20(14(2)28-30)18-10-19(27-26-18)21(31)29-13-22(23,24)11-16(29)12-32-17-5-7-25-8-6-17/h5-8,10,16H,4,9,11-13H2,1-3H3,(H,26,27)/t16-/m0/s1. The molecule has 0 aromatic carbocycles. The van der Waals surface area contributed by atoms with Gasteiger partial charge in [-0.3, -0.25) is 19.6 Å². The highest BCUT2D eigenvalue weighted by Crippen LogP contribution is 2.34. The quantitative estimate of drug-likeness (QED) is 0.601. The maximum atomic E-state index is 14.2. The average molecular weight is 444 g/mol. The minimum atomic E-state index is -2.97. The van der Waals surface area contributed by atoms with Crippen LogP contribution in [0.4, 0.5) is 8.78 Å². The van der Waals surface area contributed by atoms with Crippen molar-refractivity contribution in [2.24, 2.45) is 0 Å². The van der Waals surface area contributed by atoms with Crippen LogP contribution in [0.5, 0.6) is 5.75 Å². The number of rotatable bonds is 7. The van der Waals surface area contributed by atoms with Gasteiger partial charge in [0.05, 0.1) is 24.0 Å². The van der Waals surface area contributed by atoms with Gasteiger partial charge < -0.3 is 9.64 Å². The third-order valence-electron chi connectivity index (χ3n) is 5.61. The zero-order chi connectivity index (χ0) is 22.9. The van der Waals surface area contributed by atoms with Crippen molar-refractivity contribution in [1.29, 1.82) is 0 Å². The molecule has 1 saturated heterocycles. The highest BCUT2D eigenvalue weighted by atomic mass is 19.3.